The van der Waals surface area contributed by atoms with Crippen LogP contribution in [0, 0.1) is 0 Å². The molecule has 0 aliphatic carbocycles. The minimum Gasteiger partial charge on any atom is -0.324 e. The van der Waals surface area contributed by atoms with Gasteiger partial charge in [0.15, 0.2) is 15.1 Å². The molecule has 1 aliphatic heterocycles. The second-order valence-electron chi connectivity index (χ2n) is 3.76. The highest BCUT2D eigenvalue weighted by molar-refractivity contribution is 7.93. The standard InChI is InChI=1S/C10H10N2O5S/c13-9(12-15)5-8-10(14)11-6-3-1-2-4-7(6)18(8,16)17/h1-4,8,15H,5H2,(H,11,14)(H,12,13). The van der Waals surface area contributed by atoms with Gasteiger partial charge in [0, 0.05) is 0 Å². The fraction of sp³-hybridized carbons (Fsp3) is 0.200. The lowest BCUT2D eigenvalue weighted by molar-refractivity contribution is -0.130. The predicted molar refractivity (Wildman–Crippen MR) is 60.6 cm³/mol. The van der Waals surface area contributed by atoms with Crippen molar-refractivity contribution in [1.82, 2.24) is 5.48 Å². The number of hydrogen-bond donors (Lipinski definition) is 3. The second kappa shape index (κ2) is 4.39. The van der Waals surface area contributed by atoms with Crippen molar-refractivity contribution in [3.05, 3.63) is 24.3 Å². The Hall–Kier alpha value is -1.93. The van der Waals surface area contributed by atoms with E-state index in [9.17, 15) is 18.0 Å². The molecule has 1 aromatic carbocycles. The van der Waals surface area contributed by atoms with Crippen molar-refractivity contribution in [1.29, 1.82) is 0 Å². The van der Waals surface area contributed by atoms with Gasteiger partial charge in [0.05, 0.1) is 17.0 Å². The molecule has 3 N–H and O–H groups in total. The molecule has 2 rings (SSSR count). The van der Waals surface area contributed by atoms with E-state index in [0.29, 0.717) is 0 Å². The van der Waals surface area contributed by atoms with Gasteiger partial charge in [0.2, 0.25) is 11.8 Å². The first kappa shape index (κ1) is 12.5. The van der Waals surface area contributed by atoms with Gasteiger partial charge in [0.25, 0.3) is 0 Å². The van der Waals surface area contributed by atoms with Crippen LogP contribution in [0.2, 0.25) is 0 Å². The summed E-state index contributed by atoms with van der Waals surface area (Å²) in [6.45, 7) is 0. The van der Waals surface area contributed by atoms with Gasteiger partial charge in [-0.15, -0.1) is 0 Å². The number of anilines is 1. The fourth-order valence-corrected chi connectivity index (χ4v) is 3.45. The zero-order valence-corrected chi connectivity index (χ0v) is 9.90. The number of para-hydroxylation sites is 1. The highest BCUT2D eigenvalue weighted by atomic mass is 32.2. The molecule has 0 aromatic heterocycles. The zero-order chi connectivity index (χ0) is 13.3. The highest BCUT2D eigenvalue weighted by Crippen LogP contribution is 2.31. The third kappa shape index (κ3) is 1.95. The molecule has 0 spiro atoms. The van der Waals surface area contributed by atoms with Crippen LogP contribution in [-0.2, 0) is 19.4 Å². The third-order valence-electron chi connectivity index (χ3n) is 2.61. The molecule has 0 saturated carbocycles. The fourth-order valence-electron chi connectivity index (χ4n) is 1.74. The van der Waals surface area contributed by atoms with E-state index in [4.69, 9.17) is 5.21 Å². The van der Waals surface area contributed by atoms with Crippen molar-refractivity contribution in [3.63, 3.8) is 0 Å². The maximum Gasteiger partial charge on any atom is 0.245 e. The molecular formula is C10H10N2O5S. The molecule has 0 bridgehead atoms. The Kier molecular flexibility index (Phi) is 3.05. The van der Waals surface area contributed by atoms with Crippen molar-refractivity contribution in [2.45, 2.75) is 16.6 Å². The van der Waals surface area contributed by atoms with E-state index in [1.165, 1.54) is 23.7 Å². The monoisotopic (exact) mass is 270 g/mol. The summed E-state index contributed by atoms with van der Waals surface area (Å²) in [5, 5.41) is 9.28. The molecular weight excluding hydrogens is 260 g/mol. The van der Waals surface area contributed by atoms with Gasteiger partial charge >= 0.3 is 0 Å². The number of hydrogen-bond acceptors (Lipinski definition) is 5. The first-order valence-corrected chi connectivity index (χ1v) is 6.58. The lowest BCUT2D eigenvalue weighted by Crippen LogP contribution is -2.42. The van der Waals surface area contributed by atoms with Crippen molar-refractivity contribution in [3.8, 4) is 0 Å². The third-order valence-corrected chi connectivity index (χ3v) is 4.71. The maximum atomic E-state index is 12.1. The summed E-state index contributed by atoms with van der Waals surface area (Å²) in [6, 6.07) is 5.94. The molecule has 0 saturated heterocycles. The Labute approximate surface area is 103 Å². The Bertz CT molecular complexity index is 610. The predicted octanol–water partition coefficient (Wildman–Crippen LogP) is -0.324. The van der Waals surface area contributed by atoms with Crippen LogP contribution in [0.4, 0.5) is 5.69 Å². The summed E-state index contributed by atoms with van der Waals surface area (Å²) >= 11 is 0. The largest absolute Gasteiger partial charge is 0.324 e. The summed E-state index contributed by atoms with van der Waals surface area (Å²) in [5.41, 5.74) is 1.51. The van der Waals surface area contributed by atoms with E-state index < -0.39 is 33.3 Å². The van der Waals surface area contributed by atoms with Crippen LogP contribution >= 0.6 is 0 Å². The van der Waals surface area contributed by atoms with Gasteiger partial charge in [-0.3, -0.25) is 14.8 Å². The molecule has 1 unspecified atom stereocenters. The van der Waals surface area contributed by atoms with Crippen LogP contribution in [-0.4, -0.2) is 30.7 Å². The topological polar surface area (TPSA) is 113 Å². The van der Waals surface area contributed by atoms with Crippen LogP contribution < -0.4 is 10.8 Å². The summed E-state index contributed by atoms with van der Waals surface area (Å²) in [7, 11) is -3.92. The van der Waals surface area contributed by atoms with Gasteiger partial charge in [-0.2, -0.15) is 0 Å². The van der Waals surface area contributed by atoms with Crippen molar-refractivity contribution in [2.75, 3.05) is 5.32 Å². The highest BCUT2D eigenvalue weighted by Gasteiger charge is 2.41. The minimum atomic E-state index is -3.92. The summed E-state index contributed by atoms with van der Waals surface area (Å²) in [4.78, 5) is 22.7. The van der Waals surface area contributed by atoms with Crippen LogP contribution in [0.25, 0.3) is 0 Å². The maximum absolute atomic E-state index is 12.1. The molecule has 1 heterocycles. The Morgan fingerprint density at radius 3 is 2.72 bits per heavy atom. The van der Waals surface area contributed by atoms with E-state index >= 15 is 0 Å². The average Bonchev–Trinajstić information content (AvgIpc) is 2.34. The van der Waals surface area contributed by atoms with Crippen molar-refractivity contribution >= 4 is 27.3 Å². The lowest BCUT2D eigenvalue weighted by atomic mass is 10.2. The first-order chi connectivity index (χ1) is 8.46. The smallest absolute Gasteiger partial charge is 0.245 e. The van der Waals surface area contributed by atoms with Gasteiger partial charge in [0.1, 0.15) is 0 Å². The number of nitrogens with one attached hydrogen (secondary N) is 2. The minimum absolute atomic E-state index is 0.0275. The molecule has 2 amide bonds. The number of benzene rings is 1. The zero-order valence-electron chi connectivity index (χ0n) is 9.08. The summed E-state index contributed by atoms with van der Waals surface area (Å²) in [6.07, 6.45) is -0.626. The molecule has 96 valence electrons. The van der Waals surface area contributed by atoms with E-state index in [0.717, 1.165) is 0 Å². The number of carbonyl (C=O) groups excluding carboxylic acids is 2. The molecule has 18 heavy (non-hydrogen) atoms. The Morgan fingerprint density at radius 2 is 2.06 bits per heavy atom. The van der Waals surface area contributed by atoms with Gasteiger partial charge in [-0.05, 0) is 12.1 Å². The Morgan fingerprint density at radius 1 is 1.39 bits per heavy atom. The van der Waals surface area contributed by atoms with Crippen LogP contribution in [0.15, 0.2) is 29.2 Å². The van der Waals surface area contributed by atoms with Crippen LogP contribution in [0.1, 0.15) is 6.42 Å². The number of rotatable bonds is 2. The van der Waals surface area contributed by atoms with E-state index in [1.807, 2.05) is 0 Å². The molecule has 0 fully saturated rings. The van der Waals surface area contributed by atoms with Crippen LogP contribution in [0.3, 0.4) is 0 Å². The molecule has 1 aliphatic rings. The molecule has 1 aromatic rings. The van der Waals surface area contributed by atoms with Crippen LogP contribution in [0.5, 0.6) is 0 Å². The SMILES string of the molecule is O=C(CC1C(=O)Nc2ccccc2S1(=O)=O)NO. The molecule has 7 nitrogen and oxygen atoms in total. The number of amides is 2. The molecule has 8 heteroatoms. The van der Waals surface area contributed by atoms with Gasteiger partial charge < -0.3 is 5.32 Å². The van der Waals surface area contributed by atoms with E-state index in [2.05, 4.69) is 5.32 Å². The van der Waals surface area contributed by atoms with E-state index in [-0.39, 0.29) is 10.6 Å². The van der Waals surface area contributed by atoms with E-state index in [1.54, 1.807) is 6.07 Å². The van der Waals surface area contributed by atoms with Crippen molar-refractivity contribution < 1.29 is 23.2 Å². The number of fused-ring (bicyclic) bond motifs is 1. The average molecular weight is 270 g/mol. The number of carbonyl (C=O) groups is 2. The normalized spacial score (nSPS) is 20.7. The Balaban J connectivity index is 2.47. The quantitative estimate of drug-likeness (QED) is 0.503. The van der Waals surface area contributed by atoms with Gasteiger partial charge in [-0.25, -0.2) is 13.9 Å². The number of sulfone groups is 1. The number of hydroxylamine groups is 1. The second-order valence-corrected chi connectivity index (χ2v) is 5.86. The first-order valence-electron chi connectivity index (χ1n) is 5.03. The molecule has 0 radical (unpaired) electrons. The summed E-state index contributed by atoms with van der Waals surface area (Å²) in [5.74, 6) is -1.71. The van der Waals surface area contributed by atoms with Gasteiger partial charge in [-0.1, -0.05) is 12.1 Å². The summed E-state index contributed by atoms with van der Waals surface area (Å²) < 4.78 is 24.3. The molecule has 1 atom stereocenters. The lowest BCUT2D eigenvalue weighted by Gasteiger charge is -2.23. The van der Waals surface area contributed by atoms with Crippen molar-refractivity contribution in [2.24, 2.45) is 0 Å².